The number of benzene rings is 1. The fraction of sp³-hybridized carbons (Fsp3) is 0.526. The predicted octanol–water partition coefficient (Wildman–Crippen LogP) is 4.90. The molecule has 1 rings (SSSR count). The molecule has 0 saturated heterocycles. The second-order valence-electron chi connectivity index (χ2n) is 6.22. The molecule has 0 atom stereocenters. The van der Waals surface area contributed by atoms with Crippen molar-refractivity contribution < 1.29 is 4.79 Å². The number of hydrogen-bond acceptors (Lipinski definition) is 3. The number of Topliss-reactive ketones (excluding diaryl/α,β-unsaturated/α-hetero) is 1. The molecule has 0 spiro atoms. The molecule has 0 unspecified atom stereocenters. The molecular weight excluding hydrogens is 272 g/mol. The zero-order valence-corrected chi connectivity index (χ0v) is 13.5. The van der Waals surface area contributed by atoms with E-state index in [1.165, 1.54) is 0 Å². The first-order chi connectivity index (χ1) is 10.6. The molecule has 0 aliphatic rings. The van der Waals surface area contributed by atoms with Gasteiger partial charge in [-0.2, -0.15) is 10.5 Å². The summed E-state index contributed by atoms with van der Waals surface area (Å²) in [4.78, 5) is 13.1. The molecule has 116 valence electrons. The van der Waals surface area contributed by atoms with E-state index in [-0.39, 0.29) is 5.78 Å². The van der Waals surface area contributed by atoms with Crippen molar-refractivity contribution in [2.45, 2.75) is 52.4 Å². The summed E-state index contributed by atoms with van der Waals surface area (Å²) in [5.74, 6) is 0.575. The third-order valence-electron chi connectivity index (χ3n) is 4.15. The van der Waals surface area contributed by atoms with Crippen LogP contribution in [0.1, 0.15) is 62.7 Å². The monoisotopic (exact) mass is 296 g/mol. The lowest BCUT2D eigenvalue weighted by molar-refractivity contribution is 0.0731. The van der Waals surface area contributed by atoms with Gasteiger partial charge in [-0.1, -0.05) is 50.6 Å². The van der Waals surface area contributed by atoms with Gasteiger partial charge in [-0.15, -0.1) is 0 Å². The Hall–Kier alpha value is -2.13. The van der Waals surface area contributed by atoms with E-state index in [2.05, 4.69) is 26.0 Å². The number of nitrogens with zero attached hydrogens (tertiary/aromatic N) is 2. The van der Waals surface area contributed by atoms with Crippen molar-refractivity contribution in [3.63, 3.8) is 0 Å². The van der Waals surface area contributed by atoms with Crippen LogP contribution in [0.2, 0.25) is 0 Å². The minimum Gasteiger partial charge on any atom is -0.294 e. The second kappa shape index (κ2) is 9.00. The number of carbonyl (C=O) groups excluding carboxylic acids is 1. The zero-order chi connectivity index (χ0) is 16.4. The Labute approximate surface area is 133 Å². The Morgan fingerprint density at radius 1 is 1.05 bits per heavy atom. The van der Waals surface area contributed by atoms with Gasteiger partial charge in [0.2, 0.25) is 0 Å². The summed E-state index contributed by atoms with van der Waals surface area (Å²) in [6, 6.07) is 13.6. The predicted molar refractivity (Wildman–Crippen MR) is 87.0 cm³/mol. The third-order valence-corrected chi connectivity index (χ3v) is 4.15. The van der Waals surface area contributed by atoms with E-state index in [9.17, 15) is 4.79 Å². The van der Waals surface area contributed by atoms with Gasteiger partial charge in [-0.25, -0.2) is 0 Å². The SMILES string of the molecule is CC(C)CCC(CCC#N)(CCC#N)C(=O)c1ccccc1. The van der Waals surface area contributed by atoms with Crippen LogP contribution >= 0.6 is 0 Å². The van der Waals surface area contributed by atoms with Gasteiger partial charge in [-0.05, 0) is 25.2 Å². The molecule has 3 heteroatoms. The summed E-state index contributed by atoms with van der Waals surface area (Å²) >= 11 is 0. The van der Waals surface area contributed by atoms with Crippen molar-refractivity contribution in [2.24, 2.45) is 11.3 Å². The van der Waals surface area contributed by atoms with Crippen molar-refractivity contribution in [3.8, 4) is 12.1 Å². The van der Waals surface area contributed by atoms with Crippen LogP contribution in [0.3, 0.4) is 0 Å². The second-order valence-corrected chi connectivity index (χ2v) is 6.22. The number of ketones is 1. The summed E-state index contributed by atoms with van der Waals surface area (Å²) in [6.07, 6.45) is 3.43. The first kappa shape index (κ1) is 17.9. The largest absolute Gasteiger partial charge is 0.294 e. The Kier molecular flexibility index (Phi) is 7.33. The van der Waals surface area contributed by atoms with Crippen molar-refractivity contribution in [1.29, 1.82) is 10.5 Å². The van der Waals surface area contributed by atoms with Crippen molar-refractivity contribution >= 4 is 5.78 Å². The van der Waals surface area contributed by atoms with Gasteiger partial charge in [0.1, 0.15) is 0 Å². The highest BCUT2D eigenvalue weighted by Gasteiger charge is 2.37. The van der Waals surface area contributed by atoms with E-state index >= 15 is 0 Å². The molecule has 0 heterocycles. The number of carbonyl (C=O) groups is 1. The fourth-order valence-corrected chi connectivity index (χ4v) is 2.77. The van der Waals surface area contributed by atoms with Crippen LogP contribution in [-0.4, -0.2) is 5.78 Å². The van der Waals surface area contributed by atoms with Gasteiger partial charge in [0, 0.05) is 23.8 Å². The molecule has 0 amide bonds. The lowest BCUT2D eigenvalue weighted by atomic mass is 9.69. The fourth-order valence-electron chi connectivity index (χ4n) is 2.77. The van der Waals surface area contributed by atoms with Crippen LogP contribution < -0.4 is 0 Å². The standard InChI is InChI=1S/C19H24N2O/c1-16(2)10-13-19(11-6-14-20,12-7-15-21)18(22)17-8-4-3-5-9-17/h3-5,8-9,16H,6-7,10-13H2,1-2H3. The summed E-state index contributed by atoms with van der Waals surface area (Å²) in [7, 11) is 0. The van der Waals surface area contributed by atoms with Crippen molar-refractivity contribution in [2.75, 3.05) is 0 Å². The van der Waals surface area contributed by atoms with E-state index in [1.54, 1.807) is 0 Å². The molecule has 1 aromatic rings. The maximum Gasteiger partial charge on any atom is 0.169 e. The van der Waals surface area contributed by atoms with Crippen LogP contribution in [0.4, 0.5) is 0 Å². The minimum absolute atomic E-state index is 0.0826. The summed E-state index contributed by atoms with van der Waals surface area (Å²) in [6.45, 7) is 4.26. The number of hydrogen-bond donors (Lipinski definition) is 0. The molecule has 0 N–H and O–H groups in total. The molecule has 0 radical (unpaired) electrons. The number of rotatable bonds is 9. The van der Waals surface area contributed by atoms with Gasteiger partial charge in [0.25, 0.3) is 0 Å². The lowest BCUT2D eigenvalue weighted by Gasteiger charge is -2.32. The topological polar surface area (TPSA) is 64.7 Å². The van der Waals surface area contributed by atoms with Gasteiger partial charge in [-0.3, -0.25) is 4.79 Å². The highest BCUT2D eigenvalue weighted by molar-refractivity contribution is 6.00. The first-order valence-corrected chi connectivity index (χ1v) is 7.89. The van der Waals surface area contributed by atoms with Crippen LogP contribution in [0.15, 0.2) is 30.3 Å². The minimum atomic E-state index is -0.586. The lowest BCUT2D eigenvalue weighted by Crippen LogP contribution is -2.32. The smallest absolute Gasteiger partial charge is 0.169 e. The maximum absolute atomic E-state index is 13.1. The molecule has 1 aromatic carbocycles. The molecule has 0 saturated carbocycles. The third kappa shape index (κ3) is 5.01. The normalized spacial score (nSPS) is 11.0. The Morgan fingerprint density at radius 3 is 2.05 bits per heavy atom. The van der Waals surface area contributed by atoms with Gasteiger partial charge < -0.3 is 0 Å². The van der Waals surface area contributed by atoms with Crippen molar-refractivity contribution in [1.82, 2.24) is 0 Å². The van der Waals surface area contributed by atoms with E-state index in [1.807, 2.05) is 30.3 Å². The van der Waals surface area contributed by atoms with E-state index in [0.717, 1.165) is 12.8 Å². The molecule has 3 nitrogen and oxygen atoms in total. The van der Waals surface area contributed by atoms with Crippen LogP contribution in [0.5, 0.6) is 0 Å². The first-order valence-electron chi connectivity index (χ1n) is 7.89. The van der Waals surface area contributed by atoms with E-state index in [0.29, 0.717) is 37.2 Å². The molecule has 0 aromatic heterocycles. The molecule has 0 bridgehead atoms. The molecular formula is C19H24N2O. The molecule has 0 aliphatic heterocycles. The Bertz CT molecular complexity index is 531. The molecule has 0 fully saturated rings. The van der Waals surface area contributed by atoms with Crippen molar-refractivity contribution in [3.05, 3.63) is 35.9 Å². The Balaban J connectivity index is 3.11. The maximum atomic E-state index is 13.1. The summed E-state index contributed by atoms with van der Waals surface area (Å²) in [5.41, 5.74) is 0.0963. The number of nitriles is 2. The van der Waals surface area contributed by atoms with E-state index < -0.39 is 5.41 Å². The highest BCUT2D eigenvalue weighted by atomic mass is 16.1. The summed E-state index contributed by atoms with van der Waals surface area (Å²) < 4.78 is 0. The van der Waals surface area contributed by atoms with Crippen LogP contribution in [0, 0.1) is 34.0 Å². The van der Waals surface area contributed by atoms with Gasteiger partial charge in [0.05, 0.1) is 12.1 Å². The van der Waals surface area contributed by atoms with E-state index in [4.69, 9.17) is 10.5 Å². The average molecular weight is 296 g/mol. The average Bonchev–Trinajstić information content (AvgIpc) is 2.54. The zero-order valence-electron chi connectivity index (χ0n) is 13.5. The quantitative estimate of drug-likeness (QED) is 0.609. The van der Waals surface area contributed by atoms with Gasteiger partial charge in [0.15, 0.2) is 5.78 Å². The Morgan fingerprint density at radius 2 is 1.59 bits per heavy atom. The van der Waals surface area contributed by atoms with Gasteiger partial charge >= 0.3 is 0 Å². The molecule has 0 aliphatic carbocycles. The summed E-state index contributed by atoms with van der Waals surface area (Å²) in [5, 5.41) is 17.9. The van der Waals surface area contributed by atoms with Crippen LogP contribution in [0.25, 0.3) is 0 Å². The highest BCUT2D eigenvalue weighted by Crippen LogP contribution is 2.39. The van der Waals surface area contributed by atoms with Crippen LogP contribution in [-0.2, 0) is 0 Å². The molecule has 22 heavy (non-hydrogen) atoms.